The van der Waals surface area contributed by atoms with Gasteiger partial charge in [0.1, 0.15) is 0 Å². The van der Waals surface area contributed by atoms with E-state index in [0.717, 1.165) is 30.0 Å². The zero-order valence-electron chi connectivity index (χ0n) is 16.3. The smallest absolute Gasteiger partial charge is 0.0652 e. The van der Waals surface area contributed by atoms with Crippen molar-refractivity contribution in [1.29, 1.82) is 0 Å². The number of anilines is 3. The number of nitrogens with zero attached hydrogens (tertiary/aromatic N) is 3. The van der Waals surface area contributed by atoms with Gasteiger partial charge in [-0.1, -0.05) is 42.5 Å². The molecule has 3 heteroatoms. The first kappa shape index (κ1) is 18.7. The zero-order chi connectivity index (χ0) is 19.1. The number of hydrogen-bond acceptors (Lipinski definition) is 3. The van der Waals surface area contributed by atoms with E-state index in [1.165, 1.54) is 11.3 Å². The van der Waals surface area contributed by atoms with Gasteiger partial charge < -0.3 is 4.90 Å². The van der Waals surface area contributed by atoms with Crippen molar-refractivity contribution in [3.63, 3.8) is 0 Å². The van der Waals surface area contributed by atoms with Crippen molar-refractivity contribution < 1.29 is 0 Å². The molecule has 0 aliphatic rings. The highest BCUT2D eigenvalue weighted by Gasteiger charge is 2.08. The van der Waals surface area contributed by atoms with Crippen molar-refractivity contribution in [2.45, 2.75) is 20.8 Å². The van der Waals surface area contributed by atoms with Gasteiger partial charge in [0.25, 0.3) is 0 Å². The summed E-state index contributed by atoms with van der Waals surface area (Å²) in [6.45, 7) is 8.54. The van der Waals surface area contributed by atoms with Crippen LogP contribution in [0.1, 0.15) is 25.0 Å². The molecular weight excluding hydrogens is 330 g/mol. The van der Waals surface area contributed by atoms with Crippen LogP contribution in [-0.4, -0.2) is 19.3 Å². The summed E-state index contributed by atoms with van der Waals surface area (Å²) >= 11 is 0. The number of hydrazone groups is 1. The highest BCUT2D eigenvalue weighted by Crippen LogP contribution is 2.25. The van der Waals surface area contributed by atoms with Crippen LogP contribution in [0.15, 0.2) is 84.0 Å². The van der Waals surface area contributed by atoms with E-state index in [1.54, 1.807) is 0 Å². The second-order valence-electron chi connectivity index (χ2n) is 6.44. The average molecular weight is 358 g/mol. The Hall–Kier alpha value is -3.07. The molecule has 3 aromatic rings. The summed E-state index contributed by atoms with van der Waals surface area (Å²) in [5.41, 5.74) is 5.69. The number of aryl methyl sites for hydroxylation is 1. The first-order valence-corrected chi connectivity index (χ1v) is 9.52. The molecule has 0 bridgehead atoms. The third-order valence-electron chi connectivity index (χ3n) is 4.70. The standard InChI is InChI=1S/C24H27N3/c1-4-26(5-2)24-17-16-21(20(3)18-24)19-25-27(22-12-8-6-9-13-22)23-14-10-7-11-15-23/h6-19H,4-5H2,1-3H3. The highest BCUT2D eigenvalue weighted by atomic mass is 15.5. The van der Waals surface area contributed by atoms with Crippen molar-refractivity contribution in [3.8, 4) is 0 Å². The lowest BCUT2D eigenvalue weighted by Crippen LogP contribution is -2.21. The van der Waals surface area contributed by atoms with Crippen LogP contribution in [-0.2, 0) is 0 Å². The molecule has 0 aliphatic heterocycles. The number of rotatable bonds is 7. The molecule has 0 aromatic heterocycles. The molecule has 0 amide bonds. The quantitative estimate of drug-likeness (QED) is 0.381. The van der Waals surface area contributed by atoms with Crippen LogP contribution in [0, 0.1) is 6.92 Å². The lowest BCUT2D eigenvalue weighted by molar-refractivity contribution is 0.865. The Morgan fingerprint density at radius 2 is 1.30 bits per heavy atom. The summed E-state index contributed by atoms with van der Waals surface area (Å²) in [5.74, 6) is 0. The topological polar surface area (TPSA) is 18.8 Å². The fourth-order valence-electron chi connectivity index (χ4n) is 3.13. The fourth-order valence-corrected chi connectivity index (χ4v) is 3.13. The Morgan fingerprint density at radius 3 is 1.78 bits per heavy atom. The molecule has 0 spiro atoms. The van der Waals surface area contributed by atoms with E-state index in [0.29, 0.717) is 0 Å². The molecule has 0 aliphatic carbocycles. The molecule has 0 saturated carbocycles. The lowest BCUT2D eigenvalue weighted by atomic mass is 10.1. The van der Waals surface area contributed by atoms with Crippen molar-refractivity contribution in [1.82, 2.24) is 0 Å². The minimum atomic E-state index is 1.01. The van der Waals surface area contributed by atoms with Gasteiger partial charge in [-0.05, 0) is 68.3 Å². The monoisotopic (exact) mass is 357 g/mol. The van der Waals surface area contributed by atoms with Gasteiger partial charge in [-0.3, -0.25) is 0 Å². The molecule has 3 aromatic carbocycles. The molecule has 3 rings (SSSR count). The summed E-state index contributed by atoms with van der Waals surface area (Å²) in [7, 11) is 0. The predicted octanol–water partition coefficient (Wildman–Crippen LogP) is 6.01. The summed E-state index contributed by atoms with van der Waals surface area (Å²) in [6.07, 6.45) is 1.95. The van der Waals surface area contributed by atoms with Gasteiger partial charge in [0.15, 0.2) is 0 Å². The molecule has 0 radical (unpaired) electrons. The molecule has 0 atom stereocenters. The molecule has 0 heterocycles. The Balaban J connectivity index is 1.91. The third kappa shape index (κ3) is 4.56. The minimum absolute atomic E-state index is 1.01. The number of para-hydroxylation sites is 2. The molecule has 0 fully saturated rings. The van der Waals surface area contributed by atoms with Crippen LogP contribution in [0.5, 0.6) is 0 Å². The molecule has 0 unspecified atom stereocenters. The van der Waals surface area contributed by atoms with Gasteiger partial charge in [0, 0.05) is 18.8 Å². The normalized spacial score (nSPS) is 10.9. The maximum Gasteiger partial charge on any atom is 0.0652 e. The summed E-state index contributed by atoms with van der Waals surface area (Å²) in [6, 6.07) is 27.0. The van der Waals surface area contributed by atoms with E-state index < -0.39 is 0 Å². The predicted molar refractivity (Wildman–Crippen MR) is 117 cm³/mol. The zero-order valence-corrected chi connectivity index (χ0v) is 16.3. The van der Waals surface area contributed by atoms with Crippen molar-refractivity contribution in [2.75, 3.05) is 23.0 Å². The highest BCUT2D eigenvalue weighted by molar-refractivity contribution is 5.84. The SMILES string of the molecule is CCN(CC)c1ccc(C=NN(c2ccccc2)c2ccccc2)c(C)c1. The van der Waals surface area contributed by atoms with E-state index in [2.05, 4.69) is 68.1 Å². The summed E-state index contributed by atoms with van der Waals surface area (Å²) in [5, 5.41) is 6.77. The Labute approximate surface area is 162 Å². The van der Waals surface area contributed by atoms with Crippen LogP contribution in [0.3, 0.4) is 0 Å². The summed E-state index contributed by atoms with van der Waals surface area (Å²) < 4.78 is 0. The van der Waals surface area contributed by atoms with Crippen molar-refractivity contribution in [3.05, 3.63) is 90.0 Å². The van der Waals surface area contributed by atoms with E-state index in [1.807, 2.05) is 47.6 Å². The van der Waals surface area contributed by atoms with Crippen molar-refractivity contribution in [2.24, 2.45) is 5.10 Å². The van der Waals surface area contributed by atoms with Crippen LogP contribution in [0.25, 0.3) is 0 Å². The number of benzene rings is 3. The Morgan fingerprint density at radius 1 is 0.741 bits per heavy atom. The Bertz CT molecular complexity index is 829. The van der Waals surface area contributed by atoms with Gasteiger partial charge in [0.05, 0.1) is 17.6 Å². The Kier molecular flexibility index (Phi) is 6.26. The summed E-state index contributed by atoms with van der Waals surface area (Å²) in [4.78, 5) is 2.36. The van der Waals surface area contributed by atoms with Gasteiger partial charge in [-0.2, -0.15) is 5.10 Å². The van der Waals surface area contributed by atoms with Gasteiger partial charge >= 0.3 is 0 Å². The molecule has 3 nitrogen and oxygen atoms in total. The fraction of sp³-hybridized carbons (Fsp3) is 0.208. The van der Waals surface area contributed by atoms with E-state index in [9.17, 15) is 0 Å². The second kappa shape index (κ2) is 9.04. The maximum absolute atomic E-state index is 4.80. The van der Waals surface area contributed by atoms with Gasteiger partial charge in [0.2, 0.25) is 0 Å². The third-order valence-corrected chi connectivity index (χ3v) is 4.70. The molecule has 0 N–H and O–H groups in total. The van der Waals surface area contributed by atoms with Crippen molar-refractivity contribution >= 4 is 23.3 Å². The molecule has 27 heavy (non-hydrogen) atoms. The second-order valence-corrected chi connectivity index (χ2v) is 6.44. The van der Waals surface area contributed by atoms with Crippen LogP contribution >= 0.6 is 0 Å². The van der Waals surface area contributed by atoms with E-state index >= 15 is 0 Å². The van der Waals surface area contributed by atoms with Gasteiger partial charge in [-0.15, -0.1) is 0 Å². The first-order valence-electron chi connectivity index (χ1n) is 9.52. The van der Waals surface area contributed by atoms with E-state index in [4.69, 9.17) is 5.10 Å². The van der Waals surface area contributed by atoms with Crippen LogP contribution < -0.4 is 9.91 Å². The van der Waals surface area contributed by atoms with Crippen LogP contribution in [0.2, 0.25) is 0 Å². The average Bonchev–Trinajstić information content (AvgIpc) is 2.72. The maximum atomic E-state index is 4.80. The lowest BCUT2D eigenvalue weighted by Gasteiger charge is -2.22. The molecule has 0 saturated heterocycles. The number of hydrogen-bond donors (Lipinski definition) is 0. The molecular formula is C24H27N3. The van der Waals surface area contributed by atoms with Crippen LogP contribution in [0.4, 0.5) is 17.1 Å². The molecule has 138 valence electrons. The van der Waals surface area contributed by atoms with E-state index in [-0.39, 0.29) is 0 Å². The minimum Gasteiger partial charge on any atom is -0.372 e. The first-order chi connectivity index (χ1) is 13.2. The van der Waals surface area contributed by atoms with Gasteiger partial charge in [-0.25, -0.2) is 5.01 Å². The largest absolute Gasteiger partial charge is 0.372 e.